The summed E-state index contributed by atoms with van der Waals surface area (Å²) in [5, 5.41) is 3.47. The number of nitrogens with one attached hydrogen (secondary N) is 1. The SMILES string of the molecule is CNC1CC2CC(C1)C1CC=CC21. The van der Waals surface area contributed by atoms with Gasteiger partial charge in [0.25, 0.3) is 0 Å². The lowest BCUT2D eigenvalue weighted by Crippen LogP contribution is -2.32. The van der Waals surface area contributed by atoms with Crippen molar-refractivity contribution < 1.29 is 0 Å². The van der Waals surface area contributed by atoms with E-state index in [4.69, 9.17) is 0 Å². The highest BCUT2D eigenvalue weighted by atomic mass is 14.9. The molecule has 1 heteroatoms. The summed E-state index contributed by atoms with van der Waals surface area (Å²) in [7, 11) is 2.13. The molecule has 2 saturated carbocycles. The summed E-state index contributed by atoms with van der Waals surface area (Å²) in [6, 6.07) is 0.822. The molecule has 0 radical (unpaired) electrons. The van der Waals surface area contributed by atoms with Crippen LogP contribution in [0.15, 0.2) is 12.2 Å². The molecule has 0 saturated heterocycles. The van der Waals surface area contributed by atoms with Crippen molar-refractivity contribution >= 4 is 0 Å². The van der Waals surface area contributed by atoms with Gasteiger partial charge < -0.3 is 5.32 Å². The molecule has 5 atom stereocenters. The quantitative estimate of drug-likeness (QED) is 0.605. The standard InChI is InChI=1S/C12H19N/c1-13-10-6-8-5-9(7-10)12-4-2-3-11(8)12/h2-3,8-13H,4-7H2,1H3. The molecular formula is C12H19N. The van der Waals surface area contributed by atoms with E-state index in [1.165, 1.54) is 25.7 Å². The van der Waals surface area contributed by atoms with Crippen LogP contribution in [0.1, 0.15) is 25.7 Å². The van der Waals surface area contributed by atoms with Gasteiger partial charge in [-0.05, 0) is 56.4 Å². The summed E-state index contributed by atoms with van der Waals surface area (Å²) >= 11 is 0. The van der Waals surface area contributed by atoms with E-state index in [-0.39, 0.29) is 0 Å². The van der Waals surface area contributed by atoms with Gasteiger partial charge in [-0.15, -0.1) is 0 Å². The average Bonchev–Trinajstić information content (AvgIpc) is 2.72. The zero-order valence-corrected chi connectivity index (χ0v) is 8.37. The summed E-state index contributed by atoms with van der Waals surface area (Å²) in [6.45, 7) is 0. The molecule has 0 heterocycles. The molecule has 1 N–H and O–H groups in total. The van der Waals surface area contributed by atoms with Gasteiger partial charge in [0.05, 0.1) is 0 Å². The zero-order valence-electron chi connectivity index (χ0n) is 8.37. The molecule has 0 amide bonds. The highest BCUT2D eigenvalue weighted by molar-refractivity contribution is 5.12. The van der Waals surface area contributed by atoms with E-state index >= 15 is 0 Å². The van der Waals surface area contributed by atoms with Crippen LogP contribution >= 0.6 is 0 Å². The lowest BCUT2D eigenvalue weighted by Gasteiger charge is -2.28. The third kappa shape index (κ3) is 1.10. The first kappa shape index (κ1) is 8.05. The minimum Gasteiger partial charge on any atom is -0.317 e. The highest BCUT2D eigenvalue weighted by Crippen LogP contribution is 2.54. The molecule has 3 aliphatic carbocycles. The van der Waals surface area contributed by atoms with Gasteiger partial charge in [-0.3, -0.25) is 0 Å². The number of hydrogen-bond donors (Lipinski definition) is 1. The first-order valence-corrected chi connectivity index (χ1v) is 5.72. The van der Waals surface area contributed by atoms with E-state index < -0.39 is 0 Å². The van der Waals surface area contributed by atoms with E-state index in [9.17, 15) is 0 Å². The first-order valence-electron chi connectivity index (χ1n) is 5.72. The average molecular weight is 177 g/mol. The largest absolute Gasteiger partial charge is 0.317 e. The summed E-state index contributed by atoms with van der Waals surface area (Å²) < 4.78 is 0. The molecule has 5 unspecified atom stereocenters. The van der Waals surface area contributed by atoms with Gasteiger partial charge in [0, 0.05) is 6.04 Å². The fourth-order valence-corrected chi connectivity index (χ4v) is 4.01. The van der Waals surface area contributed by atoms with Crippen molar-refractivity contribution in [3.63, 3.8) is 0 Å². The maximum absolute atomic E-state index is 3.47. The Kier molecular flexibility index (Phi) is 1.76. The molecular weight excluding hydrogens is 158 g/mol. The van der Waals surface area contributed by atoms with Crippen LogP contribution in [-0.4, -0.2) is 13.1 Å². The Labute approximate surface area is 80.6 Å². The Bertz CT molecular complexity index is 233. The Balaban J connectivity index is 1.82. The maximum atomic E-state index is 3.47. The summed E-state index contributed by atoms with van der Waals surface area (Å²) in [6.07, 6.45) is 10.7. The molecule has 72 valence electrons. The van der Waals surface area contributed by atoms with Gasteiger partial charge in [-0.2, -0.15) is 0 Å². The minimum absolute atomic E-state index is 0.822. The van der Waals surface area contributed by atoms with E-state index in [2.05, 4.69) is 24.5 Å². The van der Waals surface area contributed by atoms with E-state index in [1.807, 2.05) is 0 Å². The van der Waals surface area contributed by atoms with Crippen molar-refractivity contribution in [2.45, 2.75) is 31.7 Å². The Morgan fingerprint density at radius 1 is 1.15 bits per heavy atom. The fraction of sp³-hybridized carbons (Fsp3) is 0.833. The molecule has 2 fully saturated rings. The van der Waals surface area contributed by atoms with Gasteiger partial charge in [0.15, 0.2) is 0 Å². The monoisotopic (exact) mass is 177 g/mol. The van der Waals surface area contributed by atoms with Crippen molar-refractivity contribution in [1.29, 1.82) is 0 Å². The van der Waals surface area contributed by atoms with Crippen LogP contribution in [0.5, 0.6) is 0 Å². The molecule has 1 nitrogen and oxygen atoms in total. The normalized spacial score (nSPS) is 52.5. The van der Waals surface area contributed by atoms with Crippen molar-refractivity contribution in [1.82, 2.24) is 5.32 Å². The van der Waals surface area contributed by atoms with Crippen LogP contribution in [0.3, 0.4) is 0 Å². The molecule has 0 aromatic heterocycles. The van der Waals surface area contributed by atoms with E-state index in [0.717, 1.165) is 29.7 Å². The number of hydrogen-bond acceptors (Lipinski definition) is 1. The van der Waals surface area contributed by atoms with Crippen LogP contribution < -0.4 is 5.32 Å². The number of rotatable bonds is 1. The topological polar surface area (TPSA) is 12.0 Å². The highest BCUT2D eigenvalue weighted by Gasteiger charge is 2.47. The third-order valence-electron chi connectivity index (χ3n) is 4.60. The van der Waals surface area contributed by atoms with E-state index in [0.29, 0.717) is 0 Å². The Morgan fingerprint density at radius 2 is 2.00 bits per heavy atom. The first-order chi connectivity index (χ1) is 6.38. The number of allylic oxidation sites excluding steroid dienone is 2. The van der Waals surface area contributed by atoms with Gasteiger partial charge in [-0.25, -0.2) is 0 Å². The Morgan fingerprint density at radius 3 is 2.85 bits per heavy atom. The molecule has 3 rings (SSSR count). The van der Waals surface area contributed by atoms with Crippen molar-refractivity contribution in [3.8, 4) is 0 Å². The second-order valence-corrected chi connectivity index (χ2v) is 5.12. The van der Waals surface area contributed by atoms with Crippen LogP contribution in [0.4, 0.5) is 0 Å². The molecule has 0 aliphatic heterocycles. The smallest absolute Gasteiger partial charge is 0.00696 e. The van der Waals surface area contributed by atoms with Crippen molar-refractivity contribution in [2.24, 2.45) is 23.7 Å². The maximum Gasteiger partial charge on any atom is 0.00696 e. The summed E-state index contributed by atoms with van der Waals surface area (Å²) in [5.41, 5.74) is 0. The van der Waals surface area contributed by atoms with Gasteiger partial charge >= 0.3 is 0 Å². The fourth-order valence-electron chi connectivity index (χ4n) is 4.01. The predicted molar refractivity (Wildman–Crippen MR) is 54.4 cm³/mol. The molecule has 2 bridgehead atoms. The lowest BCUT2D eigenvalue weighted by molar-refractivity contribution is 0.270. The van der Waals surface area contributed by atoms with Crippen LogP contribution in [0.25, 0.3) is 0 Å². The third-order valence-corrected chi connectivity index (χ3v) is 4.60. The molecule has 13 heavy (non-hydrogen) atoms. The Hall–Kier alpha value is -0.300. The second-order valence-electron chi connectivity index (χ2n) is 5.12. The zero-order chi connectivity index (χ0) is 8.84. The van der Waals surface area contributed by atoms with Crippen LogP contribution in [0, 0.1) is 23.7 Å². The molecule has 0 aromatic rings. The second kappa shape index (κ2) is 2.84. The van der Waals surface area contributed by atoms with Gasteiger partial charge in [-0.1, -0.05) is 12.2 Å². The molecule has 0 aromatic carbocycles. The van der Waals surface area contributed by atoms with Crippen molar-refractivity contribution in [3.05, 3.63) is 12.2 Å². The van der Waals surface area contributed by atoms with Crippen molar-refractivity contribution in [2.75, 3.05) is 7.05 Å². The summed E-state index contributed by atoms with van der Waals surface area (Å²) in [4.78, 5) is 0. The minimum atomic E-state index is 0.822. The lowest BCUT2D eigenvalue weighted by atomic mass is 9.83. The van der Waals surface area contributed by atoms with Crippen LogP contribution in [-0.2, 0) is 0 Å². The van der Waals surface area contributed by atoms with Gasteiger partial charge in [0.2, 0.25) is 0 Å². The summed E-state index contributed by atoms with van der Waals surface area (Å²) in [5.74, 6) is 4.04. The van der Waals surface area contributed by atoms with Crippen LogP contribution in [0.2, 0.25) is 0 Å². The van der Waals surface area contributed by atoms with E-state index in [1.54, 1.807) is 0 Å². The van der Waals surface area contributed by atoms with Gasteiger partial charge in [0.1, 0.15) is 0 Å². The molecule has 0 spiro atoms. The predicted octanol–water partition coefficient (Wildman–Crippen LogP) is 2.20. The number of fused-ring (bicyclic) bond motifs is 5. The molecule has 3 aliphatic rings.